The van der Waals surface area contributed by atoms with Gasteiger partial charge in [-0.15, -0.1) is 0 Å². The molecule has 17 heavy (non-hydrogen) atoms. The maximum atomic E-state index is 5.57. The van der Waals surface area contributed by atoms with Crippen LogP contribution in [0.2, 0.25) is 0 Å². The number of hydrogen-bond donors (Lipinski definition) is 1. The predicted molar refractivity (Wildman–Crippen MR) is 62.9 cm³/mol. The van der Waals surface area contributed by atoms with E-state index >= 15 is 0 Å². The summed E-state index contributed by atoms with van der Waals surface area (Å²) in [5.74, 6) is 1.74. The third kappa shape index (κ3) is 1.58. The maximum Gasteiger partial charge on any atom is 0.164 e. The van der Waals surface area contributed by atoms with E-state index < -0.39 is 0 Å². The van der Waals surface area contributed by atoms with Crippen LogP contribution in [0.5, 0.6) is 0 Å². The highest BCUT2D eigenvalue weighted by molar-refractivity contribution is 5.59. The topological polar surface area (TPSA) is 74.0 Å². The van der Waals surface area contributed by atoms with Crippen LogP contribution < -0.4 is 5.73 Å². The summed E-state index contributed by atoms with van der Waals surface area (Å²) in [5, 5.41) is 4.18. The van der Waals surface area contributed by atoms with E-state index in [1.54, 1.807) is 23.1 Å². The van der Waals surface area contributed by atoms with Crippen molar-refractivity contribution in [3.8, 4) is 5.82 Å². The van der Waals surface area contributed by atoms with E-state index in [2.05, 4.69) is 15.1 Å². The molecule has 0 amide bonds. The normalized spacial score (nSPS) is 11.1. The first kappa shape index (κ1) is 9.98. The Labute approximate surface area is 97.7 Å². The van der Waals surface area contributed by atoms with Crippen LogP contribution in [0, 0.1) is 0 Å². The summed E-state index contributed by atoms with van der Waals surface area (Å²) in [5.41, 5.74) is 6.52. The molecule has 0 aliphatic heterocycles. The molecule has 0 aliphatic rings. The highest BCUT2D eigenvalue weighted by Gasteiger charge is 2.09. The van der Waals surface area contributed by atoms with Crippen LogP contribution in [-0.4, -0.2) is 30.7 Å². The minimum Gasteiger partial charge on any atom is -0.330 e. The second-order valence-electron chi connectivity index (χ2n) is 3.66. The number of rotatable bonds is 3. The van der Waals surface area contributed by atoms with Crippen LogP contribution in [-0.2, 0) is 6.42 Å². The molecule has 0 radical (unpaired) electrons. The zero-order valence-electron chi connectivity index (χ0n) is 9.19. The highest BCUT2D eigenvalue weighted by atomic mass is 15.2. The molecule has 3 aromatic rings. The van der Waals surface area contributed by atoms with Gasteiger partial charge in [0.2, 0.25) is 0 Å². The molecule has 0 atom stereocenters. The fourth-order valence-corrected chi connectivity index (χ4v) is 1.87. The van der Waals surface area contributed by atoms with Gasteiger partial charge in [0.05, 0.1) is 6.20 Å². The van der Waals surface area contributed by atoms with Crippen molar-refractivity contribution < 1.29 is 0 Å². The molecule has 3 rings (SSSR count). The van der Waals surface area contributed by atoms with Crippen LogP contribution in [0.3, 0.4) is 0 Å². The second-order valence-corrected chi connectivity index (χ2v) is 3.66. The maximum absolute atomic E-state index is 5.57. The average molecular weight is 228 g/mol. The fourth-order valence-electron chi connectivity index (χ4n) is 1.87. The lowest BCUT2D eigenvalue weighted by Gasteiger charge is -2.07. The van der Waals surface area contributed by atoms with Gasteiger partial charge < -0.3 is 5.73 Å². The monoisotopic (exact) mass is 228 g/mol. The second kappa shape index (κ2) is 3.99. The van der Waals surface area contributed by atoms with Gasteiger partial charge in [0.25, 0.3) is 0 Å². The van der Waals surface area contributed by atoms with Crippen LogP contribution in [0.25, 0.3) is 11.3 Å². The van der Waals surface area contributed by atoms with E-state index in [0.717, 1.165) is 23.6 Å². The number of aromatic nitrogens is 5. The van der Waals surface area contributed by atoms with Crippen LogP contribution >= 0.6 is 0 Å². The smallest absolute Gasteiger partial charge is 0.164 e. The standard InChI is InChI=1S/C11H12N6/c12-3-1-10-13-5-7-16(10)11-9-2-4-15-17(9)8-6-14-11/h2,4-8H,1,3,12H2. The van der Waals surface area contributed by atoms with Gasteiger partial charge in [-0.05, 0) is 12.6 Å². The summed E-state index contributed by atoms with van der Waals surface area (Å²) in [6.45, 7) is 0.569. The molecule has 0 aromatic carbocycles. The van der Waals surface area contributed by atoms with Gasteiger partial charge >= 0.3 is 0 Å². The molecule has 2 N–H and O–H groups in total. The lowest BCUT2D eigenvalue weighted by Crippen LogP contribution is -2.10. The lowest BCUT2D eigenvalue weighted by atomic mass is 10.4. The van der Waals surface area contributed by atoms with Crippen molar-refractivity contribution in [3.63, 3.8) is 0 Å². The van der Waals surface area contributed by atoms with Crippen molar-refractivity contribution in [2.24, 2.45) is 5.73 Å². The first-order valence-corrected chi connectivity index (χ1v) is 5.41. The lowest BCUT2D eigenvalue weighted by molar-refractivity contribution is 0.817. The zero-order valence-corrected chi connectivity index (χ0v) is 9.19. The van der Waals surface area contributed by atoms with Gasteiger partial charge in [-0.25, -0.2) is 14.5 Å². The summed E-state index contributed by atoms with van der Waals surface area (Å²) in [6, 6.07) is 1.93. The van der Waals surface area contributed by atoms with Crippen molar-refractivity contribution in [2.45, 2.75) is 6.42 Å². The Kier molecular flexibility index (Phi) is 2.34. The molecular formula is C11H12N6. The van der Waals surface area contributed by atoms with Crippen molar-refractivity contribution in [2.75, 3.05) is 6.54 Å². The van der Waals surface area contributed by atoms with Crippen molar-refractivity contribution >= 4 is 5.52 Å². The van der Waals surface area contributed by atoms with Gasteiger partial charge in [-0.1, -0.05) is 0 Å². The van der Waals surface area contributed by atoms with E-state index in [4.69, 9.17) is 5.73 Å². The molecule has 86 valence electrons. The van der Waals surface area contributed by atoms with E-state index in [1.807, 2.05) is 23.0 Å². The molecule has 0 unspecified atom stereocenters. The van der Waals surface area contributed by atoms with Crippen molar-refractivity contribution in [1.82, 2.24) is 24.1 Å². The minimum absolute atomic E-state index is 0.569. The predicted octanol–water partition coefficient (Wildman–Crippen LogP) is 0.416. The molecule has 6 heteroatoms. The molecule has 0 bridgehead atoms. The Hall–Kier alpha value is -2.21. The van der Waals surface area contributed by atoms with E-state index in [-0.39, 0.29) is 0 Å². The minimum atomic E-state index is 0.569. The Morgan fingerprint density at radius 3 is 2.88 bits per heavy atom. The third-order valence-corrected chi connectivity index (χ3v) is 2.62. The molecule has 3 heterocycles. The quantitative estimate of drug-likeness (QED) is 0.705. The van der Waals surface area contributed by atoms with E-state index in [9.17, 15) is 0 Å². The van der Waals surface area contributed by atoms with E-state index in [1.165, 1.54) is 0 Å². The number of imidazole rings is 1. The summed E-state index contributed by atoms with van der Waals surface area (Å²) in [6.07, 6.45) is 9.66. The van der Waals surface area contributed by atoms with Crippen LogP contribution in [0.1, 0.15) is 5.82 Å². The molecule has 0 saturated heterocycles. The van der Waals surface area contributed by atoms with Crippen molar-refractivity contribution in [3.05, 3.63) is 42.9 Å². The zero-order chi connectivity index (χ0) is 11.7. The van der Waals surface area contributed by atoms with E-state index in [0.29, 0.717) is 6.54 Å². The first-order chi connectivity index (χ1) is 8.40. The Morgan fingerprint density at radius 2 is 2.00 bits per heavy atom. The molecule has 6 nitrogen and oxygen atoms in total. The van der Waals surface area contributed by atoms with Crippen LogP contribution in [0.4, 0.5) is 0 Å². The Balaban J connectivity index is 2.20. The molecular weight excluding hydrogens is 216 g/mol. The average Bonchev–Trinajstić information content (AvgIpc) is 2.96. The van der Waals surface area contributed by atoms with Gasteiger partial charge in [-0.3, -0.25) is 4.57 Å². The molecule has 0 spiro atoms. The SMILES string of the molecule is NCCc1nccn1-c1nccn2nccc12. The number of nitrogens with two attached hydrogens (primary N) is 1. The third-order valence-electron chi connectivity index (χ3n) is 2.62. The Morgan fingerprint density at radius 1 is 1.12 bits per heavy atom. The first-order valence-electron chi connectivity index (χ1n) is 5.41. The molecule has 0 fully saturated rings. The molecule has 3 aromatic heterocycles. The summed E-state index contributed by atoms with van der Waals surface area (Å²) < 4.78 is 3.73. The number of fused-ring (bicyclic) bond motifs is 1. The molecule has 0 saturated carbocycles. The summed E-state index contributed by atoms with van der Waals surface area (Å²) >= 11 is 0. The molecule has 0 aliphatic carbocycles. The Bertz CT molecular complexity index is 638. The van der Waals surface area contributed by atoms with Gasteiger partial charge in [0.1, 0.15) is 11.3 Å². The summed E-state index contributed by atoms with van der Waals surface area (Å²) in [7, 11) is 0. The fraction of sp³-hybridized carbons (Fsp3) is 0.182. The van der Waals surface area contributed by atoms with Gasteiger partial charge in [-0.2, -0.15) is 5.10 Å². The highest BCUT2D eigenvalue weighted by Crippen LogP contribution is 2.14. The number of nitrogens with zero attached hydrogens (tertiary/aromatic N) is 5. The largest absolute Gasteiger partial charge is 0.330 e. The number of hydrogen-bond acceptors (Lipinski definition) is 4. The van der Waals surface area contributed by atoms with Crippen LogP contribution in [0.15, 0.2) is 37.1 Å². The van der Waals surface area contributed by atoms with Crippen molar-refractivity contribution in [1.29, 1.82) is 0 Å². The summed E-state index contributed by atoms with van der Waals surface area (Å²) in [4.78, 5) is 8.67. The van der Waals surface area contributed by atoms with Gasteiger partial charge in [0, 0.05) is 31.2 Å². The van der Waals surface area contributed by atoms with Gasteiger partial charge in [0.15, 0.2) is 5.82 Å².